The van der Waals surface area contributed by atoms with Gasteiger partial charge in [-0.05, 0) is 121 Å². The molecule has 0 saturated heterocycles. The molecule has 2 heterocycles. The first kappa shape index (κ1) is 39.4. The SMILES string of the molecule is C1=CC(c2ccc(-c3nc(C4=CC=C(c5cc6c(c7ccccc57)Cc5cccc(-c7ccc(-n8c9c(c%10ccccc%108)CC=C9)cc7)c5-6)C4)nc(-c4ccc(-c5ccccc5)cc4)n3)cc2)C=C1. The van der Waals surface area contributed by atoms with E-state index in [9.17, 15) is 0 Å². The van der Waals surface area contributed by atoms with Crippen molar-refractivity contribution in [2.45, 2.75) is 25.2 Å². The summed E-state index contributed by atoms with van der Waals surface area (Å²) in [5.74, 6) is 2.33. The minimum atomic E-state index is 0.289. The summed E-state index contributed by atoms with van der Waals surface area (Å²) < 4.78 is 2.42. The number of benzene rings is 8. The maximum Gasteiger partial charge on any atom is 0.164 e. The van der Waals surface area contributed by atoms with E-state index >= 15 is 0 Å². The van der Waals surface area contributed by atoms with Crippen molar-refractivity contribution < 1.29 is 0 Å². The Morgan fingerprint density at radius 1 is 0.449 bits per heavy atom. The first-order valence-corrected chi connectivity index (χ1v) is 24.0. The molecule has 0 bridgehead atoms. The van der Waals surface area contributed by atoms with Gasteiger partial charge in [-0.1, -0.05) is 194 Å². The summed E-state index contributed by atoms with van der Waals surface area (Å²) in [5.41, 5.74) is 22.2. The highest BCUT2D eigenvalue weighted by molar-refractivity contribution is 6.06. The Morgan fingerprint density at radius 2 is 1.09 bits per heavy atom. The third kappa shape index (κ3) is 6.63. The van der Waals surface area contributed by atoms with Crippen molar-refractivity contribution in [2.75, 3.05) is 0 Å². The van der Waals surface area contributed by atoms with E-state index in [1.165, 1.54) is 94.3 Å². The zero-order chi connectivity index (χ0) is 45.4. The third-order valence-corrected chi connectivity index (χ3v) is 14.7. The van der Waals surface area contributed by atoms with E-state index in [2.05, 4.69) is 229 Å². The predicted molar refractivity (Wildman–Crippen MR) is 285 cm³/mol. The summed E-state index contributed by atoms with van der Waals surface area (Å²) in [7, 11) is 0. The zero-order valence-corrected chi connectivity index (χ0v) is 37.8. The van der Waals surface area contributed by atoms with Crippen LogP contribution in [0.5, 0.6) is 0 Å². The Balaban J connectivity index is 0.820. The van der Waals surface area contributed by atoms with Crippen molar-refractivity contribution >= 4 is 38.9 Å². The lowest BCUT2D eigenvalue weighted by atomic mass is 9.88. The molecule has 0 saturated carbocycles. The van der Waals surface area contributed by atoms with Crippen LogP contribution in [0.4, 0.5) is 0 Å². The van der Waals surface area contributed by atoms with Crippen LogP contribution < -0.4 is 0 Å². The van der Waals surface area contributed by atoms with Crippen LogP contribution in [0.1, 0.15) is 51.7 Å². The topological polar surface area (TPSA) is 43.6 Å². The Hall–Kier alpha value is -8.73. The highest BCUT2D eigenvalue weighted by Crippen LogP contribution is 2.49. The monoisotopic (exact) mass is 880 g/mol. The molecule has 14 rings (SSSR count). The van der Waals surface area contributed by atoms with E-state index in [4.69, 9.17) is 15.0 Å². The van der Waals surface area contributed by atoms with Gasteiger partial charge in [0.25, 0.3) is 0 Å². The molecule has 0 aliphatic heterocycles. The number of fused-ring (bicyclic) bond motifs is 8. The van der Waals surface area contributed by atoms with Crippen LogP contribution in [0.15, 0.2) is 218 Å². The number of hydrogen-bond donors (Lipinski definition) is 0. The first-order valence-electron chi connectivity index (χ1n) is 24.0. The van der Waals surface area contributed by atoms with Crippen LogP contribution in [0.3, 0.4) is 0 Å². The van der Waals surface area contributed by atoms with Gasteiger partial charge in [-0.3, -0.25) is 0 Å². The highest BCUT2D eigenvalue weighted by Gasteiger charge is 2.28. The number of aromatic nitrogens is 4. The molecule has 4 aliphatic rings. The summed E-state index contributed by atoms with van der Waals surface area (Å²) in [6.07, 6.45) is 20.3. The lowest BCUT2D eigenvalue weighted by Crippen LogP contribution is -2.03. The number of para-hydroxylation sites is 1. The molecule has 4 heteroatoms. The maximum atomic E-state index is 5.22. The number of allylic oxidation sites excluding steroid dienone is 9. The lowest BCUT2D eigenvalue weighted by Gasteiger charge is -2.16. The second kappa shape index (κ2) is 16.0. The molecular formula is C65H44N4. The fourth-order valence-electron chi connectivity index (χ4n) is 11.3. The standard InChI is InChI=1S/C65H44N4/c1-2-12-41(13-3-1)43-24-28-46(29-25-43)63-66-64(47-30-26-44(27-31-47)42-14-4-5-15-42)68-65(67-63)50-33-32-48(38-50)57-40-59-58(54-18-7-6-17-53(54)57)39-49-16-10-20-52(62(49)59)45-34-36-51(37-35-45)69-60-22-9-8-19-55(60)56-21-11-23-61(56)69/h1-20,22-37,40,42H,21,38-39H2. The summed E-state index contributed by atoms with van der Waals surface area (Å²) in [6, 6.07) is 64.0. The van der Waals surface area contributed by atoms with Crippen molar-refractivity contribution in [2.24, 2.45) is 0 Å². The van der Waals surface area contributed by atoms with Crippen LogP contribution in [0, 0.1) is 0 Å². The minimum absolute atomic E-state index is 0.289. The molecule has 0 fully saturated rings. The molecule has 69 heavy (non-hydrogen) atoms. The molecule has 0 N–H and O–H groups in total. The summed E-state index contributed by atoms with van der Waals surface area (Å²) in [4.78, 5) is 15.6. The molecule has 0 atom stereocenters. The van der Waals surface area contributed by atoms with Crippen molar-refractivity contribution in [3.8, 4) is 61.8 Å². The zero-order valence-electron chi connectivity index (χ0n) is 37.8. The normalized spacial score (nSPS) is 14.4. The number of nitrogens with zero attached hydrogens (tertiary/aromatic N) is 4. The van der Waals surface area contributed by atoms with Gasteiger partial charge in [0.05, 0.1) is 11.2 Å². The van der Waals surface area contributed by atoms with E-state index in [-0.39, 0.29) is 5.92 Å². The van der Waals surface area contributed by atoms with E-state index in [1.54, 1.807) is 0 Å². The fraction of sp³-hybridized carbons (Fsp3) is 0.0615. The van der Waals surface area contributed by atoms with Crippen LogP contribution in [0.25, 0.3) is 101 Å². The van der Waals surface area contributed by atoms with Crippen LogP contribution in [-0.2, 0) is 12.8 Å². The molecule has 2 aromatic heterocycles. The minimum Gasteiger partial charge on any atom is -0.310 e. The molecule has 8 aromatic carbocycles. The van der Waals surface area contributed by atoms with Gasteiger partial charge in [0, 0.05) is 40.1 Å². The van der Waals surface area contributed by atoms with Crippen molar-refractivity contribution in [3.05, 3.63) is 258 Å². The van der Waals surface area contributed by atoms with Crippen molar-refractivity contribution in [1.29, 1.82) is 0 Å². The first-order chi connectivity index (χ1) is 34.2. The van der Waals surface area contributed by atoms with Crippen LogP contribution in [0.2, 0.25) is 0 Å². The molecule has 4 aliphatic carbocycles. The van der Waals surface area contributed by atoms with E-state index in [0.29, 0.717) is 23.9 Å². The van der Waals surface area contributed by atoms with Gasteiger partial charge in [0.2, 0.25) is 0 Å². The second-order valence-corrected chi connectivity index (χ2v) is 18.6. The van der Waals surface area contributed by atoms with E-state index < -0.39 is 0 Å². The molecular weight excluding hydrogens is 837 g/mol. The summed E-state index contributed by atoms with van der Waals surface area (Å²) >= 11 is 0. The van der Waals surface area contributed by atoms with Crippen molar-refractivity contribution in [1.82, 2.24) is 19.5 Å². The molecule has 0 spiro atoms. The van der Waals surface area contributed by atoms with Gasteiger partial charge in [-0.25, -0.2) is 15.0 Å². The van der Waals surface area contributed by atoms with Gasteiger partial charge in [0.1, 0.15) is 0 Å². The molecule has 0 unspecified atom stereocenters. The van der Waals surface area contributed by atoms with Gasteiger partial charge < -0.3 is 4.57 Å². The Labute approximate surface area is 401 Å². The molecule has 324 valence electrons. The average molecular weight is 881 g/mol. The highest BCUT2D eigenvalue weighted by atomic mass is 15.0. The van der Waals surface area contributed by atoms with Gasteiger partial charge in [0.15, 0.2) is 17.5 Å². The van der Waals surface area contributed by atoms with Gasteiger partial charge in [-0.2, -0.15) is 0 Å². The fourth-order valence-corrected chi connectivity index (χ4v) is 11.3. The number of hydrogen-bond acceptors (Lipinski definition) is 3. The quantitative estimate of drug-likeness (QED) is 0.153. The maximum absolute atomic E-state index is 5.22. The largest absolute Gasteiger partial charge is 0.310 e. The summed E-state index contributed by atoms with van der Waals surface area (Å²) in [5, 5.41) is 3.93. The summed E-state index contributed by atoms with van der Waals surface area (Å²) in [6.45, 7) is 0. The molecule has 0 radical (unpaired) electrons. The van der Waals surface area contributed by atoms with Gasteiger partial charge >= 0.3 is 0 Å². The average Bonchev–Trinajstić information content (AvgIpc) is 4.29. The molecule has 10 aromatic rings. The smallest absolute Gasteiger partial charge is 0.164 e. The predicted octanol–water partition coefficient (Wildman–Crippen LogP) is 15.9. The van der Waals surface area contributed by atoms with E-state index in [0.717, 1.165) is 35.1 Å². The Kier molecular flexibility index (Phi) is 9.13. The Morgan fingerprint density at radius 3 is 1.87 bits per heavy atom. The van der Waals surface area contributed by atoms with Crippen LogP contribution >= 0.6 is 0 Å². The van der Waals surface area contributed by atoms with Crippen LogP contribution in [-0.4, -0.2) is 19.5 Å². The lowest BCUT2D eigenvalue weighted by molar-refractivity contribution is 1.03. The second-order valence-electron chi connectivity index (χ2n) is 18.6. The van der Waals surface area contributed by atoms with E-state index in [1.807, 2.05) is 0 Å². The van der Waals surface area contributed by atoms with Gasteiger partial charge in [-0.15, -0.1) is 0 Å². The van der Waals surface area contributed by atoms with Crippen molar-refractivity contribution in [3.63, 3.8) is 0 Å². The number of rotatable bonds is 8. The Bertz CT molecular complexity index is 3870. The third-order valence-electron chi connectivity index (χ3n) is 14.7. The molecule has 4 nitrogen and oxygen atoms in total. The molecule has 0 amide bonds.